The fraction of sp³-hybridized carbons (Fsp3) is 0.389. The van der Waals surface area contributed by atoms with E-state index in [-0.39, 0.29) is 11.8 Å². The van der Waals surface area contributed by atoms with Gasteiger partial charge in [0, 0.05) is 13.2 Å². The smallest absolute Gasteiger partial charge is 0.237 e. The van der Waals surface area contributed by atoms with Gasteiger partial charge in [0.1, 0.15) is 0 Å². The first-order chi connectivity index (χ1) is 9.75. The Morgan fingerprint density at radius 2 is 1.70 bits per heavy atom. The highest BCUT2D eigenvalue weighted by Crippen LogP contribution is 2.34. The Balaban J connectivity index is 2.02. The van der Waals surface area contributed by atoms with Gasteiger partial charge >= 0.3 is 0 Å². The molecule has 0 bridgehead atoms. The Morgan fingerprint density at radius 1 is 1.00 bits per heavy atom. The third-order valence-corrected chi connectivity index (χ3v) is 4.29. The highest BCUT2D eigenvalue weighted by Gasteiger charge is 2.26. The van der Waals surface area contributed by atoms with E-state index in [0.717, 1.165) is 18.4 Å². The van der Waals surface area contributed by atoms with Crippen LogP contribution in [0.25, 0.3) is 0 Å². The average Bonchev–Trinajstić information content (AvgIpc) is 2.75. The summed E-state index contributed by atoms with van der Waals surface area (Å²) in [4.78, 5) is 14.4. The maximum absolute atomic E-state index is 12.6. The van der Waals surface area contributed by atoms with Crippen LogP contribution in [0.15, 0.2) is 53.8 Å². The van der Waals surface area contributed by atoms with Crippen LogP contribution in [0.5, 0.6) is 0 Å². The van der Waals surface area contributed by atoms with Crippen molar-refractivity contribution in [3.05, 3.63) is 59.3 Å². The van der Waals surface area contributed by atoms with Crippen molar-refractivity contribution >= 4 is 5.91 Å². The van der Waals surface area contributed by atoms with Gasteiger partial charge in [-0.3, -0.25) is 4.79 Å². The highest BCUT2D eigenvalue weighted by atomic mass is 16.2. The largest absolute Gasteiger partial charge is 0.321 e. The van der Waals surface area contributed by atoms with E-state index in [4.69, 9.17) is 0 Å². The molecule has 1 heterocycles. The molecule has 2 aliphatic rings. The van der Waals surface area contributed by atoms with Crippen LogP contribution in [0.2, 0.25) is 0 Å². The normalized spacial score (nSPS) is 23.4. The molecule has 1 unspecified atom stereocenters. The van der Waals surface area contributed by atoms with E-state index in [9.17, 15) is 4.79 Å². The number of rotatable bonds is 1. The number of likely N-dealkylation sites (N-methyl/N-ethyl adjacent to an activating group) is 1. The second-order valence-electron chi connectivity index (χ2n) is 5.74. The molecule has 1 aliphatic heterocycles. The van der Waals surface area contributed by atoms with Crippen molar-refractivity contribution in [2.45, 2.75) is 38.0 Å². The van der Waals surface area contributed by atoms with Crippen molar-refractivity contribution in [1.82, 2.24) is 4.90 Å². The number of carbonyl (C=O) groups is 1. The molecule has 2 nitrogen and oxygen atoms in total. The van der Waals surface area contributed by atoms with Crippen LogP contribution in [0, 0.1) is 0 Å². The van der Waals surface area contributed by atoms with Gasteiger partial charge < -0.3 is 4.90 Å². The van der Waals surface area contributed by atoms with Crippen LogP contribution in [-0.4, -0.2) is 17.9 Å². The van der Waals surface area contributed by atoms with Gasteiger partial charge in [0.15, 0.2) is 0 Å². The lowest BCUT2D eigenvalue weighted by Crippen LogP contribution is -2.25. The van der Waals surface area contributed by atoms with E-state index in [1.807, 2.05) is 25.2 Å². The summed E-state index contributed by atoms with van der Waals surface area (Å²) in [7, 11) is 1.88. The first-order valence-corrected chi connectivity index (χ1v) is 7.49. The predicted octanol–water partition coefficient (Wildman–Crippen LogP) is 4.02. The molecule has 0 aromatic heterocycles. The van der Waals surface area contributed by atoms with Crippen molar-refractivity contribution in [2.75, 3.05) is 7.05 Å². The summed E-state index contributed by atoms with van der Waals surface area (Å²) in [6.45, 7) is 0. The Labute approximate surface area is 120 Å². The van der Waals surface area contributed by atoms with Gasteiger partial charge in [0.2, 0.25) is 5.91 Å². The Hall–Kier alpha value is -1.83. The van der Waals surface area contributed by atoms with Gasteiger partial charge in [-0.25, -0.2) is 0 Å². The summed E-state index contributed by atoms with van der Waals surface area (Å²) in [6.07, 6.45) is 10.2. The van der Waals surface area contributed by atoms with E-state index in [1.165, 1.54) is 30.4 Å². The van der Waals surface area contributed by atoms with Crippen LogP contribution in [0.4, 0.5) is 0 Å². The second-order valence-corrected chi connectivity index (χ2v) is 5.74. The fourth-order valence-electron chi connectivity index (χ4n) is 3.16. The van der Waals surface area contributed by atoms with Crippen molar-refractivity contribution < 1.29 is 4.79 Å². The zero-order chi connectivity index (χ0) is 13.9. The maximum atomic E-state index is 12.6. The quantitative estimate of drug-likeness (QED) is 0.752. The minimum atomic E-state index is -0.136. The molecular weight excluding hydrogens is 246 g/mol. The molecule has 1 saturated carbocycles. The summed E-state index contributed by atoms with van der Waals surface area (Å²) in [5.41, 5.74) is 3.83. The lowest BCUT2D eigenvalue weighted by Gasteiger charge is -2.17. The number of hydrogen-bond donors (Lipinski definition) is 0. The molecular formula is C18H21NO. The van der Waals surface area contributed by atoms with E-state index >= 15 is 0 Å². The van der Waals surface area contributed by atoms with Gasteiger partial charge in [-0.15, -0.1) is 0 Å². The number of nitrogens with zero attached hydrogens (tertiary/aromatic N) is 1. The molecule has 0 saturated heterocycles. The summed E-state index contributed by atoms with van der Waals surface area (Å²) in [6, 6.07) is 10.1. The molecule has 1 amide bonds. The lowest BCUT2D eigenvalue weighted by atomic mass is 9.93. The van der Waals surface area contributed by atoms with Crippen molar-refractivity contribution in [3.8, 4) is 0 Å². The van der Waals surface area contributed by atoms with E-state index in [1.54, 1.807) is 4.90 Å². The zero-order valence-corrected chi connectivity index (χ0v) is 12.0. The minimum Gasteiger partial charge on any atom is -0.321 e. The van der Waals surface area contributed by atoms with Crippen LogP contribution in [0.1, 0.15) is 43.6 Å². The molecule has 3 rings (SSSR count). The van der Waals surface area contributed by atoms with Gasteiger partial charge in [0.25, 0.3) is 0 Å². The summed E-state index contributed by atoms with van der Waals surface area (Å²) < 4.78 is 0. The zero-order valence-electron chi connectivity index (χ0n) is 12.0. The van der Waals surface area contributed by atoms with E-state index < -0.39 is 0 Å². The molecule has 0 spiro atoms. The molecule has 20 heavy (non-hydrogen) atoms. The van der Waals surface area contributed by atoms with Crippen molar-refractivity contribution in [1.29, 1.82) is 0 Å². The van der Waals surface area contributed by atoms with Crippen LogP contribution in [-0.2, 0) is 4.79 Å². The number of benzene rings is 1. The topological polar surface area (TPSA) is 20.3 Å². The minimum absolute atomic E-state index is 0.136. The van der Waals surface area contributed by atoms with Gasteiger partial charge in [-0.2, -0.15) is 0 Å². The molecule has 1 aromatic rings. The van der Waals surface area contributed by atoms with E-state index in [0.29, 0.717) is 0 Å². The van der Waals surface area contributed by atoms with Gasteiger partial charge in [-0.1, -0.05) is 42.8 Å². The summed E-state index contributed by atoms with van der Waals surface area (Å²) >= 11 is 0. The molecule has 0 N–H and O–H groups in total. The summed E-state index contributed by atoms with van der Waals surface area (Å²) in [5, 5.41) is 0. The predicted molar refractivity (Wildman–Crippen MR) is 81.2 cm³/mol. The fourth-order valence-corrected chi connectivity index (χ4v) is 3.16. The second kappa shape index (κ2) is 5.66. The third-order valence-electron chi connectivity index (χ3n) is 4.29. The van der Waals surface area contributed by atoms with Gasteiger partial charge in [-0.05, 0) is 42.4 Å². The van der Waals surface area contributed by atoms with Crippen LogP contribution >= 0.6 is 0 Å². The van der Waals surface area contributed by atoms with E-state index in [2.05, 4.69) is 24.4 Å². The number of amides is 1. The monoisotopic (exact) mass is 267 g/mol. The first kappa shape index (κ1) is 13.2. The molecule has 1 atom stereocenters. The maximum Gasteiger partial charge on any atom is 0.237 e. The SMILES string of the molecule is CN1C=C2CCCCCC2=CC(c2ccccc2)C1=O. The Bertz CT molecular complexity index is 556. The number of allylic oxidation sites excluding steroid dienone is 2. The average molecular weight is 267 g/mol. The Kier molecular flexibility index (Phi) is 3.72. The lowest BCUT2D eigenvalue weighted by molar-refractivity contribution is -0.128. The summed E-state index contributed by atoms with van der Waals surface area (Å²) in [5.74, 6) is 0.0346. The van der Waals surface area contributed by atoms with Crippen LogP contribution < -0.4 is 0 Å². The third kappa shape index (κ3) is 2.55. The molecule has 2 heteroatoms. The highest BCUT2D eigenvalue weighted by molar-refractivity contribution is 5.87. The number of carbonyl (C=O) groups excluding carboxylic acids is 1. The van der Waals surface area contributed by atoms with Crippen LogP contribution in [0.3, 0.4) is 0 Å². The van der Waals surface area contributed by atoms with Crippen molar-refractivity contribution in [2.24, 2.45) is 0 Å². The number of fused-ring (bicyclic) bond motifs is 1. The molecule has 1 aliphatic carbocycles. The standard InChI is InChI=1S/C18H21NO/c1-19-13-16-11-7-3-6-10-15(16)12-17(18(19)20)14-8-4-2-5-9-14/h2,4-5,8-9,12-13,17H,3,6-7,10-11H2,1H3. The Morgan fingerprint density at radius 3 is 2.45 bits per heavy atom. The molecule has 1 fully saturated rings. The first-order valence-electron chi connectivity index (χ1n) is 7.49. The molecule has 0 radical (unpaired) electrons. The van der Waals surface area contributed by atoms with Crippen molar-refractivity contribution in [3.63, 3.8) is 0 Å². The molecule has 104 valence electrons. The molecule has 1 aromatic carbocycles. The number of hydrogen-bond acceptors (Lipinski definition) is 1. The van der Waals surface area contributed by atoms with Gasteiger partial charge in [0.05, 0.1) is 5.92 Å².